The second-order valence-electron chi connectivity index (χ2n) is 3.49. The second-order valence-corrected chi connectivity index (χ2v) is 4.58. The quantitative estimate of drug-likeness (QED) is 0.845. The van der Waals surface area contributed by atoms with E-state index in [1.807, 2.05) is 36.4 Å². The largest absolute Gasteiger partial charge is 0.496 e. The van der Waals surface area contributed by atoms with Crippen LogP contribution in [0.3, 0.4) is 0 Å². The first-order valence-corrected chi connectivity index (χ1v) is 6.04. The Balaban J connectivity index is 2.40. The van der Waals surface area contributed by atoms with Crippen molar-refractivity contribution in [3.05, 3.63) is 41.3 Å². The lowest BCUT2D eigenvalue weighted by atomic mass is 10.1. The Morgan fingerprint density at radius 3 is 2.76 bits per heavy atom. The molecular formula is C13H13NO2S. The van der Waals surface area contributed by atoms with Crippen LogP contribution in [-0.4, -0.2) is 19.4 Å². The van der Waals surface area contributed by atoms with Crippen LogP contribution in [0.4, 0.5) is 0 Å². The van der Waals surface area contributed by atoms with Gasteiger partial charge in [0.15, 0.2) is 5.78 Å². The van der Waals surface area contributed by atoms with E-state index in [-0.39, 0.29) is 12.3 Å². The minimum atomic E-state index is -0.0313. The van der Waals surface area contributed by atoms with Crippen LogP contribution in [0.15, 0.2) is 36.4 Å². The van der Waals surface area contributed by atoms with Crippen molar-refractivity contribution in [3.8, 4) is 16.2 Å². The molecule has 2 rings (SSSR count). The summed E-state index contributed by atoms with van der Waals surface area (Å²) < 4.78 is 5.29. The van der Waals surface area contributed by atoms with Crippen LogP contribution in [-0.2, 0) is 0 Å². The number of ether oxygens (including phenoxy) is 1. The zero-order valence-corrected chi connectivity index (χ0v) is 10.3. The van der Waals surface area contributed by atoms with Crippen LogP contribution >= 0.6 is 11.3 Å². The molecule has 17 heavy (non-hydrogen) atoms. The van der Waals surface area contributed by atoms with Gasteiger partial charge in [-0.1, -0.05) is 12.1 Å². The number of nitrogens with two attached hydrogens (primary N) is 1. The van der Waals surface area contributed by atoms with Gasteiger partial charge < -0.3 is 10.5 Å². The van der Waals surface area contributed by atoms with Crippen molar-refractivity contribution >= 4 is 17.1 Å². The van der Waals surface area contributed by atoms with Gasteiger partial charge in [-0.3, -0.25) is 4.79 Å². The molecule has 0 aliphatic carbocycles. The molecule has 0 unspecified atom stereocenters. The van der Waals surface area contributed by atoms with E-state index in [0.717, 1.165) is 16.2 Å². The fourth-order valence-electron chi connectivity index (χ4n) is 1.58. The van der Waals surface area contributed by atoms with Crippen LogP contribution in [0.1, 0.15) is 9.67 Å². The molecule has 3 nitrogen and oxygen atoms in total. The standard InChI is InChI=1S/C13H13NO2S/c1-16-11-5-3-2-4-9(11)12-6-7-13(17-12)10(15)8-14/h2-7H,8,14H2,1H3. The SMILES string of the molecule is COc1ccccc1-c1ccc(C(=O)CN)s1. The number of Topliss-reactive ketones (excluding diaryl/α,β-unsaturated/α-hetero) is 1. The van der Waals surface area contributed by atoms with Crippen LogP contribution in [0, 0.1) is 0 Å². The minimum absolute atomic E-state index is 0.0313. The van der Waals surface area contributed by atoms with Crippen molar-refractivity contribution in [2.24, 2.45) is 5.73 Å². The number of carbonyl (C=O) groups is 1. The molecule has 1 heterocycles. The maximum Gasteiger partial charge on any atom is 0.186 e. The lowest BCUT2D eigenvalue weighted by molar-refractivity contribution is 0.100. The van der Waals surface area contributed by atoms with E-state index in [1.54, 1.807) is 7.11 Å². The number of rotatable bonds is 4. The van der Waals surface area contributed by atoms with Gasteiger partial charge in [0.25, 0.3) is 0 Å². The number of hydrogen-bond acceptors (Lipinski definition) is 4. The van der Waals surface area contributed by atoms with E-state index in [4.69, 9.17) is 10.5 Å². The molecule has 0 fully saturated rings. The zero-order valence-electron chi connectivity index (χ0n) is 9.47. The van der Waals surface area contributed by atoms with Crippen molar-refractivity contribution in [1.29, 1.82) is 0 Å². The Kier molecular flexibility index (Phi) is 3.56. The molecule has 0 aliphatic rings. The summed E-state index contributed by atoms with van der Waals surface area (Å²) in [4.78, 5) is 13.2. The summed E-state index contributed by atoms with van der Waals surface area (Å²) in [6, 6.07) is 11.5. The molecule has 1 aromatic heterocycles. The van der Waals surface area contributed by atoms with Crippen molar-refractivity contribution in [3.63, 3.8) is 0 Å². The van der Waals surface area contributed by atoms with E-state index in [9.17, 15) is 4.79 Å². The molecule has 0 aliphatic heterocycles. The first-order valence-electron chi connectivity index (χ1n) is 5.22. The fraction of sp³-hybridized carbons (Fsp3) is 0.154. The molecule has 0 radical (unpaired) electrons. The van der Waals surface area contributed by atoms with Gasteiger partial charge in [0.1, 0.15) is 5.75 Å². The van der Waals surface area contributed by atoms with Crippen molar-refractivity contribution in [1.82, 2.24) is 0 Å². The fourth-order valence-corrected chi connectivity index (χ4v) is 2.57. The molecule has 4 heteroatoms. The third-order valence-corrected chi connectivity index (χ3v) is 3.60. The lowest BCUT2D eigenvalue weighted by Gasteiger charge is -2.05. The van der Waals surface area contributed by atoms with Gasteiger partial charge in [0.2, 0.25) is 0 Å². The second kappa shape index (κ2) is 5.12. The van der Waals surface area contributed by atoms with Crippen molar-refractivity contribution in [2.75, 3.05) is 13.7 Å². The van der Waals surface area contributed by atoms with Gasteiger partial charge in [-0.05, 0) is 24.3 Å². The van der Waals surface area contributed by atoms with Crippen LogP contribution in [0.5, 0.6) is 5.75 Å². The summed E-state index contributed by atoms with van der Waals surface area (Å²) in [5.74, 6) is 0.775. The summed E-state index contributed by atoms with van der Waals surface area (Å²) in [5.41, 5.74) is 6.34. The molecule has 0 bridgehead atoms. The number of thiophene rings is 1. The maximum atomic E-state index is 11.5. The third kappa shape index (κ3) is 2.38. The number of benzene rings is 1. The summed E-state index contributed by atoms with van der Waals surface area (Å²) in [5, 5.41) is 0. The summed E-state index contributed by atoms with van der Waals surface area (Å²) in [6.45, 7) is 0.0475. The third-order valence-electron chi connectivity index (χ3n) is 2.44. The molecule has 0 saturated heterocycles. The minimum Gasteiger partial charge on any atom is -0.496 e. The molecule has 0 spiro atoms. The summed E-state index contributed by atoms with van der Waals surface area (Å²) in [7, 11) is 1.64. The van der Waals surface area contributed by atoms with Gasteiger partial charge in [-0.2, -0.15) is 0 Å². The van der Waals surface area contributed by atoms with E-state index in [1.165, 1.54) is 11.3 Å². The molecule has 88 valence electrons. The number of methoxy groups -OCH3 is 1. The Labute approximate surface area is 104 Å². The average Bonchev–Trinajstić information content (AvgIpc) is 2.87. The van der Waals surface area contributed by atoms with Crippen LogP contribution in [0.25, 0.3) is 10.4 Å². The molecule has 2 aromatic rings. The lowest BCUT2D eigenvalue weighted by Crippen LogP contribution is -2.11. The molecule has 0 amide bonds. The predicted octanol–water partition coefficient (Wildman–Crippen LogP) is 2.57. The van der Waals surface area contributed by atoms with Gasteiger partial charge in [0.05, 0.1) is 18.5 Å². The Hall–Kier alpha value is -1.65. The summed E-state index contributed by atoms with van der Waals surface area (Å²) >= 11 is 1.44. The number of hydrogen-bond donors (Lipinski definition) is 1. The highest BCUT2D eigenvalue weighted by Crippen LogP contribution is 2.34. The topological polar surface area (TPSA) is 52.3 Å². The van der Waals surface area contributed by atoms with Gasteiger partial charge >= 0.3 is 0 Å². The first kappa shape index (κ1) is 11.8. The average molecular weight is 247 g/mol. The molecular weight excluding hydrogens is 234 g/mol. The van der Waals surface area contributed by atoms with Gasteiger partial charge in [-0.15, -0.1) is 11.3 Å². The van der Waals surface area contributed by atoms with E-state index in [2.05, 4.69) is 0 Å². The molecule has 0 atom stereocenters. The Morgan fingerprint density at radius 2 is 2.06 bits per heavy atom. The smallest absolute Gasteiger partial charge is 0.186 e. The van der Waals surface area contributed by atoms with E-state index < -0.39 is 0 Å². The zero-order chi connectivity index (χ0) is 12.3. The first-order chi connectivity index (χ1) is 8.26. The van der Waals surface area contributed by atoms with Crippen LogP contribution < -0.4 is 10.5 Å². The molecule has 1 aromatic carbocycles. The highest BCUT2D eigenvalue weighted by molar-refractivity contribution is 7.17. The monoisotopic (exact) mass is 247 g/mol. The number of para-hydroxylation sites is 1. The predicted molar refractivity (Wildman–Crippen MR) is 69.7 cm³/mol. The van der Waals surface area contributed by atoms with Crippen molar-refractivity contribution in [2.45, 2.75) is 0 Å². The Morgan fingerprint density at radius 1 is 1.29 bits per heavy atom. The summed E-state index contributed by atoms with van der Waals surface area (Å²) in [6.07, 6.45) is 0. The highest BCUT2D eigenvalue weighted by Gasteiger charge is 2.11. The van der Waals surface area contributed by atoms with Gasteiger partial charge in [0, 0.05) is 10.4 Å². The van der Waals surface area contributed by atoms with Crippen molar-refractivity contribution < 1.29 is 9.53 Å². The maximum absolute atomic E-state index is 11.5. The Bertz CT molecular complexity index is 534. The van der Waals surface area contributed by atoms with Crippen LogP contribution in [0.2, 0.25) is 0 Å². The number of carbonyl (C=O) groups excluding carboxylic acids is 1. The normalized spacial score (nSPS) is 10.2. The van der Waals surface area contributed by atoms with E-state index >= 15 is 0 Å². The molecule has 0 saturated carbocycles. The highest BCUT2D eigenvalue weighted by atomic mass is 32.1. The van der Waals surface area contributed by atoms with E-state index in [0.29, 0.717) is 4.88 Å². The molecule has 2 N–H and O–H groups in total. The number of ketones is 1. The van der Waals surface area contributed by atoms with Gasteiger partial charge in [-0.25, -0.2) is 0 Å².